The average molecular weight is 264 g/mol. The molecule has 0 aliphatic carbocycles. The minimum atomic E-state index is -0.396. The monoisotopic (exact) mass is 264 g/mol. The molecule has 0 aromatic carbocycles. The molecule has 0 amide bonds. The topological polar surface area (TPSA) is 90.8 Å². The van der Waals surface area contributed by atoms with Crippen LogP contribution in [0.15, 0.2) is 12.3 Å². The lowest BCUT2D eigenvalue weighted by atomic mass is 10.3. The minimum Gasteiger partial charge on any atom is -0.359 e. The SMILES string of the molecule is CCc1nn(C)c(NCc2ccn(C)n2)c1[N+](=O)[O-]. The molecule has 0 bridgehead atoms. The molecule has 102 valence electrons. The van der Waals surface area contributed by atoms with Crippen LogP contribution in [-0.2, 0) is 27.1 Å². The van der Waals surface area contributed by atoms with Crippen LogP contribution in [-0.4, -0.2) is 24.5 Å². The Morgan fingerprint density at radius 3 is 2.68 bits per heavy atom. The summed E-state index contributed by atoms with van der Waals surface area (Å²) in [6, 6.07) is 1.86. The molecule has 0 fully saturated rings. The molecule has 8 heteroatoms. The molecule has 0 aliphatic rings. The van der Waals surface area contributed by atoms with E-state index in [0.29, 0.717) is 24.5 Å². The molecule has 0 unspecified atom stereocenters. The summed E-state index contributed by atoms with van der Waals surface area (Å²) in [5.41, 5.74) is 1.34. The van der Waals surface area contributed by atoms with Crippen LogP contribution in [0.4, 0.5) is 11.5 Å². The number of hydrogen-bond acceptors (Lipinski definition) is 5. The van der Waals surface area contributed by atoms with E-state index in [4.69, 9.17) is 0 Å². The van der Waals surface area contributed by atoms with Crippen molar-refractivity contribution in [1.82, 2.24) is 19.6 Å². The third-order valence-electron chi connectivity index (χ3n) is 2.82. The van der Waals surface area contributed by atoms with Crippen LogP contribution in [0, 0.1) is 10.1 Å². The molecule has 0 saturated heterocycles. The second-order valence-corrected chi connectivity index (χ2v) is 4.21. The fourth-order valence-electron chi connectivity index (χ4n) is 1.93. The highest BCUT2D eigenvalue weighted by atomic mass is 16.6. The zero-order valence-corrected chi connectivity index (χ0v) is 11.1. The Morgan fingerprint density at radius 1 is 1.42 bits per heavy atom. The molecular formula is C11H16N6O2. The molecule has 0 spiro atoms. The number of nitrogens with zero attached hydrogens (tertiary/aromatic N) is 5. The lowest BCUT2D eigenvalue weighted by Crippen LogP contribution is -2.07. The van der Waals surface area contributed by atoms with Crippen LogP contribution in [0.25, 0.3) is 0 Å². The van der Waals surface area contributed by atoms with Crippen molar-refractivity contribution in [3.05, 3.63) is 33.8 Å². The first kappa shape index (κ1) is 13.1. The van der Waals surface area contributed by atoms with E-state index in [1.165, 1.54) is 4.68 Å². The fourth-order valence-corrected chi connectivity index (χ4v) is 1.93. The highest BCUT2D eigenvalue weighted by molar-refractivity contribution is 5.59. The van der Waals surface area contributed by atoms with E-state index in [1.807, 2.05) is 26.2 Å². The smallest absolute Gasteiger partial charge is 0.333 e. The molecule has 2 heterocycles. The van der Waals surface area contributed by atoms with E-state index < -0.39 is 4.92 Å². The molecule has 2 rings (SSSR count). The van der Waals surface area contributed by atoms with Gasteiger partial charge in [0.2, 0.25) is 5.82 Å². The zero-order valence-electron chi connectivity index (χ0n) is 11.1. The average Bonchev–Trinajstić information content (AvgIpc) is 2.90. The highest BCUT2D eigenvalue weighted by Crippen LogP contribution is 2.28. The summed E-state index contributed by atoms with van der Waals surface area (Å²) >= 11 is 0. The Bertz CT molecular complexity index is 600. The van der Waals surface area contributed by atoms with Gasteiger partial charge < -0.3 is 5.32 Å². The zero-order chi connectivity index (χ0) is 14.0. The number of hydrogen-bond donors (Lipinski definition) is 1. The maximum absolute atomic E-state index is 11.1. The molecule has 0 saturated carbocycles. The van der Waals surface area contributed by atoms with Gasteiger partial charge in [0.1, 0.15) is 5.69 Å². The lowest BCUT2D eigenvalue weighted by Gasteiger charge is -2.03. The van der Waals surface area contributed by atoms with Gasteiger partial charge in [-0.1, -0.05) is 6.92 Å². The molecule has 1 N–H and O–H groups in total. The van der Waals surface area contributed by atoms with Crippen molar-refractivity contribution in [1.29, 1.82) is 0 Å². The summed E-state index contributed by atoms with van der Waals surface area (Å²) in [5.74, 6) is 0.410. The third kappa shape index (κ3) is 2.56. The first-order chi connectivity index (χ1) is 9.02. The minimum absolute atomic E-state index is 0.0425. The fraction of sp³-hybridized carbons (Fsp3) is 0.455. The lowest BCUT2D eigenvalue weighted by molar-refractivity contribution is -0.384. The van der Waals surface area contributed by atoms with Crippen molar-refractivity contribution in [3.63, 3.8) is 0 Å². The van der Waals surface area contributed by atoms with Gasteiger partial charge in [-0.05, 0) is 12.5 Å². The summed E-state index contributed by atoms with van der Waals surface area (Å²) < 4.78 is 3.19. The maximum atomic E-state index is 11.1. The van der Waals surface area contributed by atoms with Crippen LogP contribution in [0.1, 0.15) is 18.3 Å². The molecule has 2 aromatic rings. The largest absolute Gasteiger partial charge is 0.359 e. The number of rotatable bonds is 5. The van der Waals surface area contributed by atoms with E-state index in [9.17, 15) is 10.1 Å². The molecular weight excluding hydrogens is 248 g/mol. The summed E-state index contributed by atoms with van der Waals surface area (Å²) in [7, 11) is 3.51. The van der Waals surface area contributed by atoms with E-state index in [-0.39, 0.29) is 5.69 Å². The van der Waals surface area contributed by atoms with Crippen molar-refractivity contribution in [2.45, 2.75) is 19.9 Å². The van der Waals surface area contributed by atoms with Crippen molar-refractivity contribution in [2.24, 2.45) is 14.1 Å². The predicted octanol–water partition coefficient (Wildman–Crippen LogP) is 1.24. The van der Waals surface area contributed by atoms with Crippen molar-refractivity contribution in [3.8, 4) is 0 Å². The molecule has 2 aromatic heterocycles. The number of nitrogens with one attached hydrogen (secondary N) is 1. The normalized spacial score (nSPS) is 10.7. The Kier molecular flexibility index (Phi) is 3.50. The quantitative estimate of drug-likeness (QED) is 0.648. The van der Waals surface area contributed by atoms with Gasteiger partial charge in [-0.2, -0.15) is 10.2 Å². The van der Waals surface area contributed by atoms with E-state index in [2.05, 4.69) is 15.5 Å². The summed E-state index contributed by atoms with van der Waals surface area (Å²) in [5, 5.41) is 22.5. The second kappa shape index (κ2) is 5.09. The van der Waals surface area contributed by atoms with Crippen molar-refractivity contribution < 1.29 is 4.92 Å². The molecule has 0 radical (unpaired) electrons. The van der Waals surface area contributed by atoms with Crippen LogP contribution in [0.2, 0.25) is 0 Å². The van der Waals surface area contributed by atoms with Gasteiger partial charge in [-0.25, -0.2) is 4.68 Å². The van der Waals surface area contributed by atoms with Gasteiger partial charge in [-0.3, -0.25) is 14.8 Å². The standard InChI is InChI=1S/C11H16N6O2/c1-4-9-10(17(18)19)11(16(3)14-9)12-7-8-5-6-15(2)13-8/h5-6,12H,4,7H2,1-3H3. The molecule has 8 nitrogen and oxygen atoms in total. The number of aromatic nitrogens is 4. The Balaban J connectivity index is 2.24. The molecule has 0 atom stereocenters. The first-order valence-corrected chi connectivity index (χ1v) is 5.95. The predicted molar refractivity (Wildman–Crippen MR) is 69.8 cm³/mol. The van der Waals surface area contributed by atoms with Crippen LogP contribution in [0.3, 0.4) is 0 Å². The number of nitro groups is 1. The van der Waals surface area contributed by atoms with Crippen molar-refractivity contribution in [2.75, 3.05) is 5.32 Å². The van der Waals surface area contributed by atoms with Crippen LogP contribution < -0.4 is 5.32 Å². The van der Waals surface area contributed by atoms with Gasteiger partial charge in [0.05, 0.1) is 17.2 Å². The van der Waals surface area contributed by atoms with Gasteiger partial charge in [0, 0.05) is 20.3 Å². The Morgan fingerprint density at radius 2 is 2.16 bits per heavy atom. The van der Waals surface area contributed by atoms with Crippen LogP contribution >= 0.6 is 0 Å². The maximum Gasteiger partial charge on any atom is 0.333 e. The van der Waals surface area contributed by atoms with E-state index >= 15 is 0 Å². The van der Waals surface area contributed by atoms with Crippen molar-refractivity contribution >= 4 is 11.5 Å². The van der Waals surface area contributed by atoms with Gasteiger partial charge in [-0.15, -0.1) is 0 Å². The molecule has 19 heavy (non-hydrogen) atoms. The molecule has 0 aliphatic heterocycles. The Hall–Kier alpha value is -2.38. The van der Waals surface area contributed by atoms with Gasteiger partial charge >= 0.3 is 5.69 Å². The van der Waals surface area contributed by atoms with E-state index in [1.54, 1.807) is 11.7 Å². The summed E-state index contributed by atoms with van der Waals surface area (Å²) in [6.45, 7) is 2.27. The highest BCUT2D eigenvalue weighted by Gasteiger charge is 2.25. The second-order valence-electron chi connectivity index (χ2n) is 4.21. The van der Waals surface area contributed by atoms with Gasteiger partial charge in [0.15, 0.2) is 0 Å². The summed E-state index contributed by atoms with van der Waals surface area (Å²) in [6.07, 6.45) is 2.35. The third-order valence-corrected chi connectivity index (χ3v) is 2.82. The number of aryl methyl sites for hydroxylation is 3. The number of anilines is 1. The summed E-state index contributed by atoms with van der Waals surface area (Å²) in [4.78, 5) is 10.7. The first-order valence-electron chi connectivity index (χ1n) is 5.95. The van der Waals surface area contributed by atoms with E-state index in [0.717, 1.165) is 5.69 Å². The van der Waals surface area contributed by atoms with Crippen LogP contribution in [0.5, 0.6) is 0 Å². The van der Waals surface area contributed by atoms with Gasteiger partial charge in [0.25, 0.3) is 0 Å². The Labute approximate surface area is 110 Å².